The summed E-state index contributed by atoms with van der Waals surface area (Å²) < 4.78 is 0. The smallest absolute Gasteiger partial charge is 0.178 e. The molecule has 0 unspecified atom stereocenters. The van der Waals surface area contributed by atoms with Crippen LogP contribution in [0.4, 0.5) is 0 Å². The second-order valence-electron chi connectivity index (χ2n) is 5.51. The van der Waals surface area contributed by atoms with Crippen molar-refractivity contribution in [2.24, 2.45) is 5.41 Å². The van der Waals surface area contributed by atoms with Crippen molar-refractivity contribution in [3.05, 3.63) is 35.5 Å². The fourth-order valence-electron chi connectivity index (χ4n) is 2.64. The predicted octanol–water partition coefficient (Wildman–Crippen LogP) is 4.60. The summed E-state index contributed by atoms with van der Waals surface area (Å²) >= 11 is 0. The van der Waals surface area contributed by atoms with E-state index in [1.165, 1.54) is 30.4 Å². The topological polar surface area (TPSA) is 17.1 Å². The maximum atomic E-state index is 11.3. The van der Waals surface area contributed by atoms with Gasteiger partial charge in [-0.05, 0) is 57.1 Å². The van der Waals surface area contributed by atoms with E-state index in [0.717, 1.165) is 6.42 Å². The summed E-state index contributed by atoms with van der Waals surface area (Å²) in [5.74, 6) is 0.0827. The van der Waals surface area contributed by atoms with Gasteiger partial charge in [-0.3, -0.25) is 4.79 Å². The molecule has 0 atom stereocenters. The van der Waals surface area contributed by atoms with Gasteiger partial charge in [0.05, 0.1) is 0 Å². The van der Waals surface area contributed by atoms with E-state index in [4.69, 9.17) is 0 Å². The summed E-state index contributed by atoms with van der Waals surface area (Å²) in [6.07, 6.45) is 11.8. The maximum Gasteiger partial charge on any atom is 0.178 e. The summed E-state index contributed by atoms with van der Waals surface area (Å²) in [5.41, 5.74) is 3.34. The van der Waals surface area contributed by atoms with Crippen LogP contribution in [0.3, 0.4) is 0 Å². The highest BCUT2D eigenvalue weighted by molar-refractivity contribution is 5.99. The van der Waals surface area contributed by atoms with Crippen LogP contribution in [0, 0.1) is 5.41 Å². The zero-order valence-electron chi connectivity index (χ0n) is 11.5. The first-order valence-corrected chi connectivity index (χ1v) is 6.49. The van der Waals surface area contributed by atoms with Crippen molar-refractivity contribution >= 4 is 5.78 Å². The van der Waals surface area contributed by atoms with Crippen LogP contribution in [-0.4, -0.2) is 5.78 Å². The number of hydrogen-bond donors (Lipinski definition) is 0. The molecule has 1 nitrogen and oxygen atoms in total. The molecule has 0 radical (unpaired) electrons. The Hall–Kier alpha value is -1.11. The minimum Gasteiger partial charge on any atom is -0.290 e. The number of carbonyl (C=O) groups excluding carboxylic acids is 1. The Labute approximate surface area is 105 Å². The highest BCUT2D eigenvalue weighted by Crippen LogP contribution is 2.41. The van der Waals surface area contributed by atoms with Crippen LogP contribution in [0.5, 0.6) is 0 Å². The van der Waals surface area contributed by atoms with Crippen molar-refractivity contribution in [1.29, 1.82) is 0 Å². The van der Waals surface area contributed by atoms with Crippen molar-refractivity contribution in [1.82, 2.24) is 0 Å². The Morgan fingerprint density at radius 1 is 1.35 bits per heavy atom. The molecule has 0 aromatic heterocycles. The third-order valence-electron chi connectivity index (χ3n) is 3.62. The number of carbonyl (C=O) groups is 1. The van der Waals surface area contributed by atoms with Gasteiger partial charge in [-0.15, -0.1) is 0 Å². The Bertz CT molecular complexity index is 367. The molecule has 0 spiro atoms. The van der Waals surface area contributed by atoms with Gasteiger partial charge in [0.25, 0.3) is 0 Å². The zero-order valence-corrected chi connectivity index (χ0v) is 11.5. The van der Waals surface area contributed by atoms with Gasteiger partial charge < -0.3 is 0 Å². The fourth-order valence-corrected chi connectivity index (χ4v) is 2.64. The predicted molar refractivity (Wildman–Crippen MR) is 73.9 cm³/mol. The quantitative estimate of drug-likeness (QED) is 0.511. The monoisotopic (exact) mass is 232 g/mol. The summed E-state index contributed by atoms with van der Waals surface area (Å²) in [7, 11) is 0. The van der Waals surface area contributed by atoms with Crippen molar-refractivity contribution in [3.8, 4) is 0 Å². The third kappa shape index (κ3) is 3.99. The SMILES string of the molecule is CC=CC(=O)C=CCC1=C(C)CCCC1(C)C. The second-order valence-corrected chi connectivity index (χ2v) is 5.51. The van der Waals surface area contributed by atoms with Crippen LogP contribution in [-0.2, 0) is 4.79 Å². The lowest BCUT2D eigenvalue weighted by Crippen LogP contribution is -2.20. The average Bonchev–Trinajstić information content (AvgIpc) is 2.22. The van der Waals surface area contributed by atoms with Crippen molar-refractivity contribution in [2.45, 2.75) is 53.4 Å². The molecule has 94 valence electrons. The van der Waals surface area contributed by atoms with Crippen LogP contribution in [0.2, 0.25) is 0 Å². The second kappa shape index (κ2) is 6.00. The lowest BCUT2D eigenvalue weighted by atomic mass is 9.71. The largest absolute Gasteiger partial charge is 0.290 e. The molecule has 0 bridgehead atoms. The molecule has 0 N–H and O–H groups in total. The summed E-state index contributed by atoms with van der Waals surface area (Å²) in [4.78, 5) is 11.3. The number of allylic oxidation sites excluding steroid dienone is 6. The Morgan fingerprint density at radius 2 is 2.06 bits per heavy atom. The highest BCUT2D eigenvalue weighted by atomic mass is 16.1. The van der Waals surface area contributed by atoms with Crippen LogP contribution >= 0.6 is 0 Å². The lowest BCUT2D eigenvalue weighted by Gasteiger charge is -2.34. The van der Waals surface area contributed by atoms with E-state index in [0.29, 0.717) is 5.41 Å². The number of ketones is 1. The standard InChI is InChI=1S/C16H24O/c1-5-8-14(17)10-6-11-15-13(2)9-7-12-16(15,3)4/h5-6,8,10H,7,9,11-12H2,1-4H3. The first-order valence-electron chi connectivity index (χ1n) is 6.49. The van der Waals surface area contributed by atoms with Crippen LogP contribution in [0.1, 0.15) is 53.4 Å². The van der Waals surface area contributed by atoms with Gasteiger partial charge in [0.1, 0.15) is 0 Å². The van der Waals surface area contributed by atoms with E-state index in [1.807, 2.05) is 13.0 Å². The normalized spacial score (nSPS) is 20.5. The van der Waals surface area contributed by atoms with E-state index >= 15 is 0 Å². The molecule has 1 rings (SSSR count). The molecule has 0 aromatic carbocycles. The van der Waals surface area contributed by atoms with Gasteiger partial charge in [0.15, 0.2) is 5.78 Å². The average molecular weight is 232 g/mol. The Kier molecular flexibility index (Phi) is 4.92. The van der Waals surface area contributed by atoms with Gasteiger partial charge in [-0.25, -0.2) is 0 Å². The molecule has 17 heavy (non-hydrogen) atoms. The third-order valence-corrected chi connectivity index (χ3v) is 3.62. The molecule has 1 aliphatic rings. The van der Waals surface area contributed by atoms with Gasteiger partial charge in [0.2, 0.25) is 0 Å². The van der Waals surface area contributed by atoms with Crippen LogP contribution < -0.4 is 0 Å². The molecule has 0 aliphatic heterocycles. The van der Waals surface area contributed by atoms with E-state index in [1.54, 1.807) is 18.2 Å². The van der Waals surface area contributed by atoms with Gasteiger partial charge >= 0.3 is 0 Å². The van der Waals surface area contributed by atoms with Crippen LogP contribution in [0.15, 0.2) is 35.5 Å². The Balaban J connectivity index is 2.70. The van der Waals surface area contributed by atoms with Gasteiger partial charge in [-0.2, -0.15) is 0 Å². The van der Waals surface area contributed by atoms with Gasteiger partial charge in [0, 0.05) is 0 Å². The summed E-state index contributed by atoms with van der Waals surface area (Å²) in [6.45, 7) is 8.72. The molecule has 0 saturated carbocycles. The highest BCUT2D eigenvalue weighted by Gasteiger charge is 2.27. The molecule has 1 heteroatoms. The van der Waals surface area contributed by atoms with E-state index in [-0.39, 0.29) is 5.78 Å². The molecular formula is C16H24O. The first kappa shape index (κ1) is 14.0. The van der Waals surface area contributed by atoms with E-state index in [9.17, 15) is 4.79 Å². The number of hydrogen-bond acceptors (Lipinski definition) is 1. The first-order chi connectivity index (χ1) is 7.97. The zero-order chi connectivity index (χ0) is 12.9. The minimum absolute atomic E-state index is 0.0827. The lowest BCUT2D eigenvalue weighted by molar-refractivity contribution is -0.110. The summed E-state index contributed by atoms with van der Waals surface area (Å²) in [6, 6.07) is 0. The van der Waals surface area contributed by atoms with E-state index in [2.05, 4.69) is 20.8 Å². The van der Waals surface area contributed by atoms with Crippen molar-refractivity contribution in [2.75, 3.05) is 0 Å². The number of rotatable bonds is 4. The molecule has 0 heterocycles. The van der Waals surface area contributed by atoms with Gasteiger partial charge in [-0.1, -0.05) is 37.1 Å². The fraction of sp³-hybridized carbons (Fsp3) is 0.562. The minimum atomic E-state index is 0.0827. The molecule has 1 aliphatic carbocycles. The van der Waals surface area contributed by atoms with Crippen molar-refractivity contribution < 1.29 is 4.79 Å². The summed E-state index contributed by atoms with van der Waals surface area (Å²) in [5, 5.41) is 0. The maximum absolute atomic E-state index is 11.3. The molecule has 0 fully saturated rings. The van der Waals surface area contributed by atoms with Crippen LogP contribution in [0.25, 0.3) is 0 Å². The molecule has 0 amide bonds. The molecule has 0 saturated heterocycles. The van der Waals surface area contributed by atoms with E-state index < -0.39 is 0 Å². The molecule has 0 aromatic rings. The van der Waals surface area contributed by atoms with Crippen molar-refractivity contribution in [3.63, 3.8) is 0 Å². The Morgan fingerprint density at radius 3 is 2.65 bits per heavy atom. The molecular weight excluding hydrogens is 208 g/mol.